The van der Waals surface area contributed by atoms with Crippen molar-refractivity contribution >= 4 is 18.3 Å². The second-order valence-electron chi connectivity index (χ2n) is 2.45. The zero-order valence-corrected chi connectivity index (χ0v) is 7.85. The minimum atomic E-state index is -1.56. The first-order chi connectivity index (χ1) is 4.12. The molecule has 0 bridgehead atoms. The van der Waals surface area contributed by atoms with Crippen LogP contribution < -0.4 is 0 Å². The Labute approximate surface area is 59.7 Å². The summed E-state index contributed by atoms with van der Waals surface area (Å²) in [6.45, 7) is 7.71. The third-order valence-corrected chi connectivity index (χ3v) is 4.81. The van der Waals surface area contributed by atoms with Crippen LogP contribution in [0.5, 0.6) is 0 Å². The molecule has 0 heterocycles. The molecule has 0 saturated heterocycles. The van der Waals surface area contributed by atoms with Crippen LogP contribution in [-0.4, -0.2) is 23.1 Å². The van der Waals surface area contributed by atoms with Crippen LogP contribution in [0.4, 0.5) is 0 Å². The van der Waals surface area contributed by atoms with Crippen molar-refractivity contribution in [3.8, 4) is 0 Å². The summed E-state index contributed by atoms with van der Waals surface area (Å²) < 4.78 is 5.12. The van der Waals surface area contributed by atoms with E-state index < -0.39 is 8.32 Å². The fourth-order valence-electron chi connectivity index (χ4n) is 0.513. The molecule has 0 aliphatic rings. The molecule has 0 aliphatic heterocycles. The lowest BCUT2D eigenvalue weighted by molar-refractivity contribution is 0.450. The predicted octanol–water partition coefficient (Wildman–Crippen LogP) is 0.921. The second kappa shape index (κ2) is 4.00. The average molecular weight is 160 g/mol. The largest absolute Gasteiger partial charge is 0.434 e. The first-order valence-corrected chi connectivity index (χ1v) is 6.77. The molecule has 9 heavy (non-hydrogen) atoms. The van der Waals surface area contributed by atoms with Crippen LogP contribution >= 0.6 is 0 Å². The fraction of sp³-hybridized carbons (Fsp3) is 0.600. The van der Waals surface area contributed by atoms with Gasteiger partial charge in [-0.1, -0.05) is 6.08 Å². The van der Waals surface area contributed by atoms with E-state index in [1.54, 1.807) is 0 Å². The smallest absolute Gasteiger partial charge is 0.418 e. The van der Waals surface area contributed by atoms with Gasteiger partial charge in [-0.25, -0.2) is 0 Å². The van der Waals surface area contributed by atoms with Crippen molar-refractivity contribution < 1.29 is 8.91 Å². The molecular weight excluding hydrogens is 148 g/mol. The van der Waals surface area contributed by atoms with Gasteiger partial charge in [0.25, 0.3) is 0 Å². The van der Waals surface area contributed by atoms with Crippen molar-refractivity contribution in [2.75, 3.05) is 0 Å². The van der Waals surface area contributed by atoms with E-state index in [2.05, 4.69) is 19.7 Å². The normalized spacial score (nSPS) is 11.4. The molecule has 0 aromatic rings. The van der Waals surface area contributed by atoms with E-state index in [9.17, 15) is 0 Å². The summed E-state index contributed by atoms with van der Waals surface area (Å²) in [5.41, 5.74) is 0. The zero-order valence-electron chi connectivity index (χ0n) is 5.85. The SMILES string of the molecule is C=CC[Si](C)(C)O[Si]O. The molecule has 0 fully saturated rings. The number of rotatable bonds is 4. The minimum absolute atomic E-state index is 0.367. The molecular formula is C5H12O2Si2. The molecule has 0 rings (SSSR count). The molecule has 0 aromatic heterocycles. The van der Waals surface area contributed by atoms with Gasteiger partial charge >= 0.3 is 10.0 Å². The Morgan fingerprint density at radius 3 is 2.67 bits per heavy atom. The van der Waals surface area contributed by atoms with Gasteiger partial charge in [-0.15, -0.1) is 6.58 Å². The van der Waals surface area contributed by atoms with E-state index in [0.717, 1.165) is 6.04 Å². The Hall–Kier alpha value is 0.0938. The zero-order chi connectivity index (χ0) is 7.33. The van der Waals surface area contributed by atoms with Crippen molar-refractivity contribution in [1.82, 2.24) is 0 Å². The monoisotopic (exact) mass is 160 g/mol. The third-order valence-electron chi connectivity index (χ3n) is 0.958. The fourth-order valence-corrected chi connectivity index (χ4v) is 2.53. The summed E-state index contributed by atoms with van der Waals surface area (Å²) in [4.78, 5) is 8.43. The summed E-state index contributed by atoms with van der Waals surface area (Å²) in [5.74, 6) is 0. The first-order valence-electron chi connectivity index (χ1n) is 2.80. The number of hydrogen-bond donors (Lipinski definition) is 1. The highest BCUT2D eigenvalue weighted by molar-refractivity contribution is 6.74. The molecule has 0 aromatic carbocycles. The van der Waals surface area contributed by atoms with E-state index >= 15 is 0 Å². The van der Waals surface area contributed by atoms with Crippen molar-refractivity contribution in [2.24, 2.45) is 0 Å². The van der Waals surface area contributed by atoms with E-state index in [4.69, 9.17) is 8.91 Å². The van der Waals surface area contributed by atoms with Crippen LogP contribution in [0.15, 0.2) is 12.7 Å². The Kier molecular flexibility index (Phi) is 4.04. The Morgan fingerprint density at radius 2 is 2.33 bits per heavy atom. The molecule has 1 N–H and O–H groups in total. The summed E-state index contributed by atoms with van der Waals surface area (Å²) in [5, 5.41) is 0. The average Bonchev–Trinajstić information content (AvgIpc) is 1.64. The Morgan fingerprint density at radius 1 is 1.78 bits per heavy atom. The van der Waals surface area contributed by atoms with Gasteiger partial charge in [0.05, 0.1) is 0 Å². The number of hydrogen-bond acceptors (Lipinski definition) is 2. The van der Waals surface area contributed by atoms with Crippen molar-refractivity contribution in [2.45, 2.75) is 19.1 Å². The van der Waals surface area contributed by atoms with Gasteiger partial charge in [-0.3, -0.25) is 0 Å². The molecule has 52 valence electrons. The first kappa shape index (κ1) is 9.09. The van der Waals surface area contributed by atoms with E-state index in [-0.39, 0.29) is 10.0 Å². The minimum Gasteiger partial charge on any atom is -0.434 e. The maximum Gasteiger partial charge on any atom is 0.418 e. The third kappa shape index (κ3) is 4.59. The van der Waals surface area contributed by atoms with Gasteiger partial charge in [-0.05, 0) is 19.1 Å². The molecule has 0 saturated carbocycles. The van der Waals surface area contributed by atoms with Crippen molar-refractivity contribution in [1.29, 1.82) is 0 Å². The molecule has 4 heteroatoms. The Bertz CT molecular complexity index is 93.0. The molecule has 0 unspecified atom stereocenters. The van der Waals surface area contributed by atoms with Crippen LogP contribution in [-0.2, 0) is 4.12 Å². The topological polar surface area (TPSA) is 29.5 Å². The standard InChI is InChI=1S/C5H12O2Si2/c1-4-5-9(2,3)7-8-6/h4,6H,1,5H2,2-3H3. The second-order valence-corrected chi connectivity index (χ2v) is 7.37. The highest BCUT2D eigenvalue weighted by Crippen LogP contribution is 2.09. The van der Waals surface area contributed by atoms with Crippen molar-refractivity contribution in [3.63, 3.8) is 0 Å². The predicted molar refractivity (Wildman–Crippen MR) is 41.5 cm³/mol. The lowest BCUT2D eigenvalue weighted by Crippen LogP contribution is -2.30. The van der Waals surface area contributed by atoms with Crippen LogP contribution in [0.2, 0.25) is 19.1 Å². The quantitative estimate of drug-likeness (QED) is 0.489. The van der Waals surface area contributed by atoms with E-state index in [1.165, 1.54) is 0 Å². The summed E-state index contributed by atoms with van der Waals surface area (Å²) in [6, 6.07) is 0.903. The summed E-state index contributed by atoms with van der Waals surface area (Å²) >= 11 is 0. The lowest BCUT2D eigenvalue weighted by atomic mass is 10.8. The van der Waals surface area contributed by atoms with Crippen molar-refractivity contribution in [3.05, 3.63) is 12.7 Å². The van der Waals surface area contributed by atoms with Crippen LogP contribution in [0.3, 0.4) is 0 Å². The van der Waals surface area contributed by atoms with Gasteiger partial charge < -0.3 is 8.91 Å². The van der Waals surface area contributed by atoms with Crippen LogP contribution in [0.1, 0.15) is 0 Å². The van der Waals surface area contributed by atoms with Gasteiger partial charge in [-0.2, -0.15) is 0 Å². The molecule has 2 radical (unpaired) electrons. The summed E-state index contributed by atoms with van der Waals surface area (Å²) in [7, 11) is -1.93. The molecule has 0 aliphatic carbocycles. The van der Waals surface area contributed by atoms with Crippen LogP contribution in [0, 0.1) is 0 Å². The van der Waals surface area contributed by atoms with E-state index in [0.29, 0.717) is 0 Å². The highest BCUT2D eigenvalue weighted by Gasteiger charge is 2.19. The number of allylic oxidation sites excluding steroid dienone is 1. The van der Waals surface area contributed by atoms with Gasteiger partial charge in [0.1, 0.15) is 0 Å². The highest BCUT2D eigenvalue weighted by atomic mass is 28.4. The molecule has 0 spiro atoms. The Balaban J connectivity index is 3.55. The maximum atomic E-state index is 8.43. The van der Waals surface area contributed by atoms with Gasteiger partial charge in [0, 0.05) is 0 Å². The molecule has 0 amide bonds. The van der Waals surface area contributed by atoms with Gasteiger partial charge in [0.15, 0.2) is 8.32 Å². The van der Waals surface area contributed by atoms with E-state index in [1.807, 2.05) is 6.08 Å². The molecule has 2 nitrogen and oxygen atoms in total. The lowest BCUT2D eigenvalue weighted by Gasteiger charge is -2.18. The van der Waals surface area contributed by atoms with Crippen LogP contribution in [0.25, 0.3) is 0 Å². The molecule has 0 atom stereocenters. The van der Waals surface area contributed by atoms with Gasteiger partial charge in [0.2, 0.25) is 0 Å². The summed E-state index contributed by atoms with van der Waals surface area (Å²) in [6.07, 6.45) is 1.84. The maximum absolute atomic E-state index is 8.43.